The highest BCUT2D eigenvalue weighted by Gasteiger charge is 2.20. The Balaban J connectivity index is 2.48. The Morgan fingerprint density at radius 2 is 2.24 bits per heavy atom. The van der Waals surface area contributed by atoms with E-state index in [1.807, 2.05) is 6.92 Å². The number of halogens is 1. The number of carbonyl (C=O) groups is 2. The van der Waals surface area contributed by atoms with Crippen molar-refractivity contribution in [2.45, 2.75) is 26.4 Å². The average Bonchev–Trinajstić information content (AvgIpc) is 2.72. The summed E-state index contributed by atoms with van der Waals surface area (Å²) in [5, 5.41) is 2.64. The second kappa shape index (κ2) is 6.44. The van der Waals surface area contributed by atoms with Crippen molar-refractivity contribution in [3.63, 3.8) is 0 Å². The maximum atomic E-state index is 11.5. The maximum Gasteiger partial charge on any atom is 0.375 e. The van der Waals surface area contributed by atoms with Gasteiger partial charge in [-0.3, -0.25) is 4.79 Å². The molecular weight excluding hydrogens is 290 g/mol. The van der Waals surface area contributed by atoms with Crippen LogP contribution in [-0.4, -0.2) is 24.5 Å². The standard InChI is InChI=1S/C11H14BrNO4/c1-3-6-13-10(14)7(2)16-11(15)8-4-5-9(12)17-8/h4-5,7H,3,6H2,1-2H3,(H,13,14). The first-order valence-electron chi connectivity index (χ1n) is 5.28. The fourth-order valence-electron chi connectivity index (χ4n) is 1.09. The van der Waals surface area contributed by atoms with Crippen LogP contribution in [0, 0.1) is 0 Å². The highest BCUT2D eigenvalue weighted by atomic mass is 79.9. The molecule has 0 spiro atoms. The molecule has 1 rings (SSSR count). The first-order chi connectivity index (χ1) is 8.04. The van der Waals surface area contributed by atoms with Gasteiger partial charge in [0.25, 0.3) is 5.91 Å². The fraction of sp³-hybridized carbons (Fsp3) is 0.455. The highest BCUT2D eigenvalue weighted by molar-refractivity contribution is 9.10. The summed E-state index contributed by atoms with van der Waals surface area (Å²) in [6.07, 6.45) is -0.00436. The molecule has 0 aliphatic rings. The van der Waals surface area contributed by atoms with Crippen LogP contribution in [0.2, 0.25) is 0 Å². The first kappa shape index (κ1) is 13.8. The summed E-state index contributed by atoms with van der Waals surface area (Å²) in [7, 11) is 0. The molecule has 0 fully saturated rings. The van der Waals surface area contributed by atoms with Crippen LogP contribution in [0.4, 0.5) is 0 Å². The number of hydrogen-bond donors (Lipinski definition) is 1. The number of nitrogens with one attached hydrogen (secondary N) is 1. The number of ether oxygens (including phenoxy) is 1. The summed E-state index contributed by atoms with van der Waals surface area (Å²) in [5.74, 6) is -0.910. The zero-order valence-electron chi connectivity index (χ0n) is 9.66. The molecular formula is C11H14BrNO4. The third kappa shape index (κ3) is 4.22. The van der Waals surface area contributed by atoms with E-state index in [1.165, 1.54) is 13.0 Å². The van der Waals surface area contributed by atoms with Crippen molar-refractivity contribution in [3.05, 3.63) is 22.6 Å². The van der Waals surface area contributed by atoms with E-state index in [0.29, 0.717) is 11.2 Å². The Morgan fingerprint density at radius 3 is 2.76 bits per heavy atom. The van der Waals surface area contributed by atoms with Gasteiger partial charge >= 0.3 is 5.97 Å². The van der Waals surface area contributed by atoms with Crippen molar-refractivity contribution >= 4 is 27.8 Å². The molecule has 0 saturated heterocycles. The molecule has 1 aromatic rings. The quantitative estimate of drug-likeness (QED) is 0.846. The van der Waals surface area contributed by atoms with Crippen LogP contribution in [-0.2, 0) is 9.53 Å². The Bertz CT molecular complexity index is 402. The molecule has 0 radical (unpaired) electrons. The molecule has 0 aromatic carbocycles. The van der Waals surface area contributed by atoms with Gasteiger partial charge in [-0.2, -0.15) is 0 Å². The molecule has 1 unspecified atom stereocenters. The molecule has 1 heterocycles. The summed E-state index contributed by atoms with van der Waals surface area (Å²) in [4.78, 5) is 23.0. The van der Waals surface area contributed by atoms with E-state index in [0.717, 1.165) is 6.42 Å². The van der Waals surface area contributed by atoms with E-state index in [2.05, 4.69) is 21.2 Å². The smallest absolute Gasteiger partial charge is 0.375 e. The van der Waals surface area contributed by atoms with Crippen LogP contribution < -0.4 is 5.32 Å². The van der Waals surface area contributed by atoms with E-state index < -0.39 is 12.1 Å². The molecule has 1 atom stereocenters. The minimum absolute atomic E-state index is 0.0621. The second-order valence-corrected chi connectivity index (χ2v) is 4.22. The minimum Gasteiger partial charge on any atom is -0.447 e. The van der Waals surface area contributed by atoms with Crippen molar-refractivity contribution < 1.29 is 18.7 Å². The average molecular weight is 304 g/mol. The first-order valence-corrected chi connectivity index (χ1v) is 6.08. The Morgan fingerprint density at radius 1 is 1.53 bits per heavy atom. The number of rotatable bonds is 5. The van der Waals surface area contributed by atoms with Gasteiger partial charge in [0.1, 0.15) is 0 Å². The van der Waals surface area contributed by atoms with Crippen LogP contribution in [0.3, 0.4) is 0 Å². The van der Waals surface area contributed by atoms with Crippen LogP contribution >= 0.6 is 15.9 Å². The van der Waals surface area contributed by atoms with E-state index in [4.69, 9.17) is 9.15 Å². The zero-order valence-corrected chi connectivity index (χ0v) is 11.2. The third-order valence-corrected chi connectivity index (χ3v) is 2.40. The van der Waals surface area contributed by atoms with E-state index in [1.54, 1.807) is 6.07 Å². The lowest BCUT2D eigenvalue weighted by molar-refractivity contribution is -0.129. The summed E-state index contributed by atoms with van der Waals surface area (Å²) in [6.45, 7) is 4.02. The number of furan rings is 1. The van der Waals surface area contributed by atoms with Crippen LogP contribution in [0.25, 0.3) is 0 Å². The predicted octanol–water partition coefficient (Wildman–Crippen LogP) is 2.11. The normalized spacial score (nSPS) is 11.9. The Labute approximate surface area is 108 Å². The topological polar surface area (TPSA) is 68.5 Å². The van der Waals surface area contributed by atoms with Gasteiger partial charge < -0.3 is 14.5 Å². The van der Waals surface area contributed by atoms with Gasteiger partial charge in [-0.15, -0.1) is 0 Å². The van der Waals surface area contributed by atoms with Gasteiger partial charge in [0, 0.05) is 6.54 Å². The van der Waals surface area contributed by atoms with Crippen molar-refractivity contribution in [2.75, 3.05) is 6.54 Å². The molecule has 0 aliphatic heterocycles. The van der Waals surface area contributed by atoms with Gasteiger partial charge in [-0.05, 0) is 41.4 Å². The van der Waals surface area contributed by atoms with Gasteiger partial charge in [0.15, 0.2) is 10.8 Å². The monoisotopic (exact) mass is 303 g/mol. The van der Waals surface area contributed by atoms with E-state index in [-0.39, 0.29) is 11.7 Å². The van der Waals surface area contributed by atoms with E-state index in [9.17, 15) is 9.59 Å². The second-order valence-electron chi connectivity index (χ2n) is 3.44. The molecule has 1 amide bonds. The lowest BCUT2D eigenvalue weighted by Gasteiger charge is -2.11. The Kier molecular flexibility index (Phi) is 5.21. The molecule has 1 N–H and O–H groups in total. The molecule has 6 heteroatoms. The Hall–Kier alpha value is -1.30. The van der Waals surface area contributed by atoms with Crippen molar-refractivity contribution in [2.24, 2.45) is 0 Å². The van der Waals surface area contributed by atoms with Gasteiger partial charge in [-0.25, -0.2) is 4.79 Å². The molecule has 5 nitrogen and oxygen atoms in total. The van der Waals surface area contributed by atoms with Crippen LogP contribution in [0.5, 0.6) is 0 Å². The number of hydrogen-bond acceptors (Lipinski definition) is 4. The molecule has 0 bridgehead atoms. The third-order valence-electron chi connectivity index (χ3n) is 1.98. The predicted molar refractivity (Wildman–Crippen MR) is 64.6 cm³/mol. The van der Waals surface area contributed by atoms with Crippen molar-refractivity contribution in [3.8, 4) is 0 Å². The number of carbonyl (C=O) groups excluding carboxylic acids is 2. The van der Waals surface area contributed by atoms with Gasteiger partial charge in [0.05, 0.1) is 0 Å². The van der Waals surface area contributed by atoms with E-state index >= 15 is 0 Å². The van der Waals surface area contributed by atoms with Gasteiger partial charge in [0.2, 0.25) is 5.76 Å². The maximum absolute atomic E-state index is 11.5. The molecule has 0 saturated carbocycles. The fourth-order valence-corrected chi connectivity index (χ4v) is 1.39. The SMILES string of the molecule is CCCNC(=O)C(C)OC(=O)c1ccc(Br)o1. The number of amides is 1. The lowest BCUT2D eigenvalue weighted by Crippen LogP contribution is -2.36. The largest absolute Gasteiger partial charge is 0.447 e. The number of esters is 1. The molecule has 17 heavy (non-hydrogen) atoms. The van der Waals surface area contributed by atoms with Crippen molar-refractivity contribution in [1.82, 2.24) is 5.32 Å². The zero-order chi connectivity index (χ0) is 12.8. The highest BCUT2D eigenvalue weighted by Crippen LogP contribution is 2.15. The van der Waals surface area contributed by atoms with Gasteiger partial charge in [-0.1, -0.05) is 6.92 Å². The molecule has 94 valence electrons. The van der Waals surface area contributed by atoms with Crippen LogP contribution in [0.15, 0.2) is 21.2 Å². The lowest BCUT2D eigenvalue weighted by atomic mass is 10.3. The van der Waals surface area contributed by atoms with Crippen molar-refractivity contribution in [1.29, 1.82) is 0 Å². The summed E-state index contributed by atoms with van der Waals surface area (Å²) < 4.78 is 10.4. The molecule has 1 aromatic heterocycles. The minimum atomic E-state index is -0.835. The summed E-state index contributed by atoms with van der Waals surface area (Å²) in [6, 6.07) is 3.06. The molecule has 0 aliphatic carbocycles. The summed E-state index contributed by atoms with van der Waals surface area (Å²) in [5.41, 5.74) is 0. The van der Waals surface area contributed by atoms with Crippen LogP contribution in [0.1, 0.15) is 30.8 Å². The summed E-state index contributed by atoms with van der Waals surface area (Å²) >= 11 is 3.08.